The lowest BCUT2D eigenvalue weighted by Gasteiger charge is -2.37. The number of nitrogens with zero attached hydrogens (tertiary/aromatic N) is 4. The van der Waals surface area contributed by atoms with E-state index in [0.29, 0.717) is 30.6 Å². The molecule has 5 aromatic rings. The summed E-state index contributed by atoms with van der Waals surface area (Å²) in [5.41, 5.74) is 4.03. The summed E-state index contributed by atoms with van der Waals surface area (Å²) in [5.74, 6) is 1.35. The van der Waals surface area contributed by atoms with E-state index in [0.717, 1.165) is 35.3 Å². The lowest BCUT2D eigenvalue weighted by atomic mass is 9.77. The number of ether oxygens (including phenoxy) is 1. The number of rotatable bonds is 6. The molecular formula is C28H26N6O. The summed E-state index contributed by atoms with van der Waals surface area (Å²) in [6, 6.07) is 31.5. The highest BCUT2D eigenvalue weighted by Gasteiger charge is 2.37. The molecule has 2 N–H and O–H groups in total. The highest BCUT2D eigenvalue weighted by Crippen LogP contribution is 2.40. The molecule has 0 spiro atoms. The molecule has 0 amide bonds. The molecule has 0 unspecified atom stereocenters. The predicted molar refractivity (Wildman–Crippen MR) is 138 cm³/mol. The largest absolute Gasteiger partial charge is 0.378 e. The van der Waals surface area contributed by atoms with Gasteiger partial charge in [-0.1, -0.05) is 91.0 Å². The molecule has 0 aliphatic carbocycles. The molecule has 7 heteroatoms. The molecule has 0 bridgehead atoms. The number of H-pyrrole nitrogens is 1. The van der Waals surface area contributed by atoms with Crippen molar-refractivity contribution in [2.45, 2.75) is 5.54 Å². The van der Waals surface area contributed by atoms with Gasteiger partial charge in [0.25, 0.3) is 0 Å². The van der Waals surface area contributed by atoms with E-state index in [4.69, 9.17) is 14.7 Å². The second-order valence-electron chi connectivity index (χ2n) is 8.55. The van der Waals surface area contributed by atoms with Gasteiger partial charge in [0.05, 0.1) is 19.5 Å². The number of hydrogen-bond donors (Lipinski definition) is 2. The van der Waals surface area contributed by atoms with Crippen molar-refractivity contribution in [3.05, 3.63) is 114 Å². The third-order valence-corrected chi connectivity index (χ3v) is 6.49. The van der Waals surface area contributed by atoms with Gasteiger partial charge in [0.1, 0.15) is 11.1 Å². The van der Waals surface area contributed by atoms with E-state index in [2.05, 4.69) is 93.0 Å². The van der Waals surface area contributed by atoms with Crippen LogP contribution in [0.1, 0.15) is 16.7 Å². The topological polar surface area (TPSA) is 79.0 Å². The number of morpholine rings is 1. The number of benzene rings is 3. The summed E-state index contributed by atoms with van der Waals surface area (Å²) in [7, 11) is 0. The Morgan fingerprint density at radius 2 is 1.29 bits per heavy atom. The Labute approximate surface area is 203 Å². The van der Waals surface area contributed by atoms with E-state index < -0.39 is 5.54 Å². The van der Waals surface area contributed by atoms with Gasteiger partial charge < -0.3 is 19.9 Å². The molecule has 2 aromatic heterocycles. The standard InChI is InChI=1S/C28H26N6O/c1-4-10-21(11-5-1)28(22-12-6-2-7-13-22,23-14-8-3-9-15-23)33-26-24-25(30-20-29-24)31-27(32-26)34-16-18-35-19-17-34/h1-15,20H,16-19H2,(H2,29,30,31,32,33). The molecule has 3 aromatic carbocycles. The highest BCUT2D eigenvalue weighted by molar-refractivity contribution is 5.85. The van der Waals surface area contributed by atoms with Gasteiger partial charge >= 0.3 is 0 Å². The van der Waals surface area contributed by atoms with Gasteiger partial charge in [-0.15, -0.1) is 0 Å². The zero-order valence-electron chi connectivity index (χ0n) is 19.3. The average Bonchev–Trinajstić information content (AvgIpc) is 3.43. The van der Waals surface area contributed by atoms with Gasteiger partial charge in [-0.25, -0.2) is 4.98 Å². The van der Waals surface area contributed by atoms with E-state index >= 15 is 0 Å². The molecule has 0 radical (unpaired) electrons. The van der Waals surface area contributed by atoms with Crippen molar-refractivity contribution in [1.82, 2.24) is 19.9 Å². The minimum Gasteiger partial charge on any atom is -0.378 e. The first-order valence-corrected chi connectivity index (χ1v) is 11.8. The quantitative estimate of drug-likeness (QED) is 0.359. The van der Waals surface area contributed by atoms with Gasteiger partial charge in [-0.3, -0.25) is 0 Å². The minimum atomic E-state index is -0.696. The number of anilines is 2. The van der Waals surface area contributed by atoms with Crippen LogP contribution in [0.15, 0.2) is 97.3 Å². The molecule has 3 heterocycles. The smallest absolute Gasteiger partial charge is 0.229 e. The van der Waals surface area contributed by atoms with Crippen LogP contribution in [0, 0.1) is 0 Å². The Hall–Kier alpha value is -4.23. The number of fused-ring (bicyclic) bond motifs is 1. The Morgan fingerprint density at radius 3 is 1.83 bits per heavy atom. The molecule has 0 saturated carbocycles. The second-order valence-corrected chi connectivity index (χ2v) is 8.55. The summed E-state index contributed by atoms with van der Waals surface area (Å²) in [6.45, 7) is 2.81. The van der Waals surface area contributed by atoms with Crippen molar-refractivity contribution in [2.24, 2.45) is 0 Å². The summed E-state index contributed by atoms with van der Waals surface area (Å²) < 4.78 is 5.54. The van der Waals surface area contributed by atoms with Crippen molar-refractivity contribution in [2.75, 3.05) is 36.5 Å². The third kappa shape index (κ3) is 3.90. The monoisotopic (exact) mass is 462 g/mol. The molecule has 1 aliphatic rings. The lowest BCUT2D eigenvalue weighted by Crippen LogP contribution is -2.39. The van der Waals surface area contributed by atoms with Crippen LogP contribution in [0.4, 0.5) is 11.8 Å². The van der Waals surface area contributed by atoms with E-state index in [9.17, 15) is 0 Å². The first kappa shape index (κ1) is 21.3. The first-order valence-electron chi connectivity index (χ1n) is 11.8. The minimum absolute atomic E-state index is 0.632. The average molecular weight is 463 g/mol. The van der Waals surface area contributed by atoms with Crippen LogP contribution < -0.4 is 10.2 Å². The van der Waals surface area contributed by atoms with E-state index in [-0.39, 0.29) is 0 Å². The number of hydrogen-bond acceptors (Lipinski definition) is 6. The lowest BCUT2D eigenvalue weighted by molar-refractivity contribution is 0.122. The molecule has 174 valence electrons. The maximum atomic E-state index is 5.54. The van der Waals surface area contributed by atoms with Crippen LogP contribution in [0.5, 0.6) is 0 Å². The Morgan fingerprint density at radius 1 is 0.743 bits per heavy atom. The summed E-state index contributed by atoms with van der Waals surface area (Å²) >= 11 is 0. The predicted octanol–water partition coefficient (Wildman–Crippen LogP) is 4.59. The van der Waals surface area contributed by atoms with Gasteiger partial charge in [0.2, 0.25) is 5.95 Å². The van der Waals surface area contributed by atoms with Gasteiger partial charge in [0.15, 0.2) is 11.5 Å². The third-order valence-electron chi connectivity index (χ3n) is 6.49. The van der Waals surface area contributed by atoms with Gasteiger partial charge in [-0.2, -0.15) is 9.97 Å². The molecular weight excluding hydrogens is 436 g/mol. The molecule has 35 heavy (non-hydrogen) atoms. The van der Waals surface area contributed by atoms with E-state index in [1.54, 1.807) is 6.33 Å². The fourth-order valence-electron chi connectivity index (χ4n) is 4.78. The molecule has 0 atom stereocenters. The number of aromatic nitrogens is 4. The highest BCUT2D eigenvalue weighted by atomic mass is 16.5. The van der Waals surface area contributed by atoms with Crippen LogP contribution in [0.25, 0.3) is 11.2 Å². The Kier molecular flexibility index (Phi) is 5.60. The number of imidazole rings is 1. The molecule has 1 saturated heterocycles. The normalized spacial score (nSPS) is 14.2. The Bertz CT molecular complexity index is 1300. The van der Waals surface area contributed by atoms with Crippen LogP contribution in [0.3, 0.4) is 0 Å². The maximum Gasteiger partial charge on any atom is 0.229 e. The number of aromatic amines is 1. The molecule has 6 rings (SSSR count). The van der Waals surface area contributed by atoms with Crippen molar-refractivity contribution >= 4 is 22.9 Å². The van der Waals surface area contributed by atoms with Gasteiger partial charge in [-0.05, 0) is 16.7 Å². The second kappa shape index (κ2) is 9.19. The summed E-state index contributed by atoms with van der Waals surface area (Å²) in [4.78, 5) is 19.7. The maximum absolute atomic E-state index is 5.54. The zero-order valence-corrected chi connectivity index (χ0v) is 19.3. The number of nitrogens with one attached hydrogen (secondary N) is 2. The van der Waals surface area contributed by atoms with Crippen molar-refractivity contribution in [3.8, 4) is 0 Å². The van der Waals surface area contributed by atoms with Crippen LogP contribution >= 0.6 is 0 Å². The molecule has 1 aliphatic heterocycles. The van der Waals surface area contributed by atoms with Crippen molar-refractivity contribution in [1.29, 1.82) is 0 Å². The summed E-state index contributed by atoms with van der Waals surface area (Å²) in [5, 5.41) is 3.87. The molecule has 1 fully saturated rings. The summed E-state index contributed by atoms with van der Waals surface area (Å²) in [6.07, 6.45) is 1.67. The van der Waals surface area contributed by atoms with Crippen molar-refractivity contribution < 1.29 is 4.74 Å². The van der Waals surface area contributed by atoms with Crippen LogP contribution in [-0.4, -0.2) is 46.2 Å². The van der Waals surface area contributed by atoms with Crippen LogP contribution in [0.2, 0.25) is 0 Å². The van der Waals surface area contributed by atoms with Crippen molar-refractivity contribution in [3.63, 3.8) is 0 Å². The molecule has 7 nitrogen and oxygen atoms in total. The Balaban J connectivity index is 1.59. The van der Waals surface area contributed by atoms with Gasteiger partial charge in [0, 0.05) is 13.1 Å². The van der Waals surface area contributed by atoms with E-state index in [1.807, 2.05) is 18.2 Å². The first-order chi connectivity index (χ1) is 17.3. The SMILES string of the molecule is c1ccc(C(Nc2nc(N3CCOCC3)nc3nc[nH]c23)(c2ccccc2)c2ccccc2)cc1. The zero-order chi connectivity index (χ0) is 23.5. The van der Waals surface area contributed by atoms with Crippen LogP contribution in [-0.2, 0) is 10.3 Å². The fraction of sp³-hybridized carbons (Fsp3) is 0.179. The fourth-order valence-corrected chi connectivity index (χ4v) is 4.78. The van der Waals surface area contributed by atoms with E-state index in [1.165, 1.54) is 0 Å².